The summed E-state index contributed by atoms with van der Waals surface area (Å²) in [7, 11) is 0. The van der Waals surface area contributed by atoms with E-state index < -0.39 is 41.0 Å². The van der Waals surface area contributed by atoms with Crippen molar-refractivity contribution in [3.63, 3.8) is 0 Å². The van der Waals surface area contributed by atoms with Crippen molar-refractivity contribution in [2.75, 3.05) is 95.7 Å². The van der Waals surface area contributed by atoms with Gasteiger partial charge in [-0.3, -0.25) is 49.1 Å². The molecule has 6 amide bonds. The number of rotatable bonds is 27. The summed E-state index contributed by atoms with van der Waals surface area (Å²) in [6, 6.07) is 20.1. The van der Waals surface area contributed by atoms with Gasteiger partial charge in [-0.05, 0) is 125 Å². The second-order valence-electron chi connectivity index (χ2n) is 20.4. The van der Waals surface area contributed by atoms with Crippen molar-refractivity contribution in [2.45, 2.75) is 88.8 Å². The summed E-state index contributed by atoms with van der Waals surface area (Å²) >= 11 is 0. The van der Waals surface area contributed by atoms with E-state index in [4.69, 9.17) is 23.9 Å². The molecule has 2 aromatic heterocycles. The van der Waals surface area contributed by atoms with Gasteiger partial charge in [0, 0.05) is 81.4 Å². The number of piperazine rings is 1. The van der Waals surface area contributed by atoms with E-state index in [2.05, 4.69) is 36.4 Å². The molecular weight excluding hydrogens is 1030 g/mol. The zero-order valence-electron chi connectivity index (χ0n) is 45.1. The van der Waals surface area contributed by atoms with Crippen LogP contribution in [-0.4, -0.2) is 157 Å². The van der Waals surface area contributed by atoms with Crippen molar-refractivity contribution in [3.8, 4) is 17.1 Å². The number of aromatic nitrogens is 4. The molecule has 1 unspecified atom stereocenters. The minimum absolute atomic E-state index is 0.00419. The molecule has 6 heterocycles. The Bertz CT molecular complexity index is 2970. The first-order valence-corrected chi connectivity index (χ1v) is 27.7. The van der Waals surface area contributed by atoms with Crippen LogP contribution in [0.25, 0.3) is 11.4 Å². The lowest BCUT2D eigenvalue weighted by molar-refractivity contribution is -0.136. The molecule has 0 aliphatic carbocycles. The third-order valence-corrected chi connectivity index (χ3v) is 14.9. The SMILES string of the molecule is C[C@@H](NC(=O)c1cccc(NC2(c3nc(-c4ccncc4)n[nH]3)CCNCC2)c1)c1cccc(OCCCCCCOCCOCCOCCCC(=O)N2CCN(c3cc4c(cc3F)C(=O)N(C3CCC(=O)NC3=O)C4=O)CC2)c1. The number of nitrogens with zero attached hydrogens (tertiary/aromatic N) is 6. The van der Waals surface area contributed by atoms with Gasteiger partial charge in [0.05, 0.1) is 61.4 Å². The van der Waals surface area contributed by atoms with Gasteiger partial charge in [0.2, 0.25) is 17.7 Å². The van der Waals surface area contributed by atoms with E-state index in [0.29, 0.717) is 96.7 Å². The molecule has 21 nitrogen and oxygen atoms in total. The quantitative estimate of drug-likeness (QED) is 0.0312. The number of halogens is 1. The number of carbonyl (C=O) groups is 6. The van der Waals surface area contributed by atoms with E-state index >= 15 is 4.39 Å². The highest BCUT2D eigenvalue weighted by molar-refractivity contribution is 6.23. The first kappa shape index (κ1) is 57.0. The second kappa shape index (κ2) is 27.5. The van der Waals surface area contributed by atoms with E-state index in [-0.39, 0.29) is 47.5 Å². The van der Waals surface area contributed by atoms with Crippen LogP contribution in [0.5, 0.6) is 5.75 Å². The van der Waals surface area contributed by atoms with Crippen molar-refractivity contribution in [1.29, 1.82) is 0 Å². The summed E-state index contributed by atoms with van der Waals surface area (Å²) in [5.41, 5.74) is 2.74. The van der Waals surface area contributed by atoms with Crippen LogP contribution in [-0.2, 0) is 34.1 Å². The van der Waals surface area contributed by atoms with Crippen molar-refractivity contribution in [2.24, 2.45) is 0 Å². The van der Waals surface area contributed by atoms with Crippen LogP contribution in [0.3, 0.4) is 0 Å². The fraction of sp³-hybridized carbons (Fsp3) is 0.466. The number of aromatic amines is 1. The van der Waals surface area contributed by atoms with Crippen LogP contribution in [0.2, 0.25) is 0 Å². The van der Waals surface area contributed by atoms with Gasteiger partial charge < -0.3 is 44.7 Å². The highest BCUT2D eigenvalue weighted by Crippen LogP contribution is 2.35. The predicted octanol–water partition coefficient (Wildman–Crippen LogP) is 5.71. The number of carbonyl (C=O) groups excluding carboxylic acids is 6. The molecule has 3 aromatic carbocycles. The van der Waals surface area contributed by atoms with Gasteiger partial charge in [0.1, 0.15) is 17.6 Å². The lowest BCUT2D eigenvalue weighted by Gasteiger charge is -2.37. The van der Waals surface area contributed by atoms with Gasteiger partial charge in [-0.2, -0.15) is 5.10 Å². The average Bonchev–Trinajstić information content (AvgIpc) is 4.13. The van der Waals surface area contributed by atoms with Gasteiger partial charge in [0.25, 0.3) is 17.7 Å². The summed E-state index contributed by atoms with van der Waals surface area (Å²) in [4.78, 5) is 90.1. The summed E-state index contributed by atoms with van der Waals surface area (Å²) in [5.74, 6) is -1.44. The van der Waals surface area contributed by atoms with Gasteiger partial charge >= 0.3 is 0 Å². The Morgan fingerprint density at radius 1 is 0.787 bits per heavy atom. The van der Waals surface area contributed by atoms with E-state index in [1.165, 1.54) is 6.07 Å². The Labute approximate surface area is 464 Å². The van der Waals surface area contributed by atoms with Crippen LogP contribution < -0.4 is 30.9 Å². The first-order valence-electron chi connectivity index (χ1n) is 27.7. The number of H-pyrrole nitrogens is 1. The molecule has 4 aliphatic heterocycles. The average molecular weight is 1100 g/mol. The van der Waals surface area contributed by atoms with Gasteiger partial charge in [0.15, 0.2) is 11.6 Å². The van der Waals surface area contributed by atoms with Crippen LogP contribution >= 0.6 is 0 Å². The molecule has 4 aliphatic rings. The number of hydrogen-bond acceptors (Lipinski definition) is 16. The van der Waals surface area contributed by atoms with Crippen LogP contribution in [0.1, 0.15) is 120 Å². The number of nitrogens with one attached hydrogen (secondary N) is 5. The largest absolute Gasteiger partial charge is 0.494 e. The Balaban J connectivity index is 0.579. The number of piperidine rings is 2. The number of pyridine rings is 1. The molecule has 424 valence electrons. The van der Waals surface area contributed by atoms with Gasteiger partial charge in [-0.1, -0.05) is 24.6 Å². The normalized spacial score (nSPS) is 17.5. The van der Waals surface area contributed by atoms with E-state index in [0.717, 1.165) is 91.0 Å². The van der Waals surface area contributed by atoms with Gasteiger partial charge in [-0.25, -0.2) is 9.37 Å². The Kier molecular flexibility index (Phi) is 19.6. The lowest BCUT2D eigenvalue weighted by Crippen LogP contribution is -2.54. The van der Waals surface area contributed by atoms with Crippen LogP contribution in [0.4, 0.5) is 15.8 Å². The standard InChI is InChI=1S/C58H70FN11O10/c1-39(62-53(73)42-10-6-11-43(35-42)65-58(18-22-61-23-19-58)57-64-52(66-67-57)40-16-20-60-21-17-40)41-9-7-12-44(36-41)80-30-5-3-2-4-28-77-31-33-79-34-32-78-29-8-13-51(72)69-26-24-68(25-27-69)49-38-46-45(37-47(49)59)55(75)70(56(46)76)48-14-15-50(71)63-54(48)74/h6-7,9-12,16-17,20-21,35-39,48,61,65H,2-5,8,13-15,18-19,22-34H2,1H3,(H,62,73)(H,63,71,74)(H,64,66,67)/t39-,48?/m1/s1. The number of ether oxygens (including phenoxy) is 4. The second-order valence-corrected chi connectivity index (χ2v) is 20.4. The topological polar surface area (TPSA) is 252 Å². The molecule has 0 radical (unpaired) electrons. The third-order valence-electron chi connectivity index (χ3n) is 14.9. The zero-order valence-corrected chi connectivity index (χ0v) is 45.1. The predicted molar refractivity (Wildman–Crippen MR) is 293 cm³/mol. The highest BCUT2D eigenvalue weighted by Gasteiger charge is 2.45. The number of unbranched alkanes of at least 4 members (excludes halogenated alkanes) is 3. The van der Waals surface area contributed by atoms with Crippen LogP contribution in [0, 0.1) is 5.82 Å². The van der Waals surface area contributed by atoms with E-state index in [1.807, 2.05) is 67.6 Å². The molecule has 5 aromatic rings. The smallest absolute Gasteiger partial charge is 0.262 e. The van der Waals surface area contributed by atoms with E-state index in [9.17, 15) is 28.8 Å². The Morgan fingerprint density at radius 2 is 1.48 bits per heavy atom. The third kappa shape index (κ3) is 14.4. The fourth-order valence-corrected chi connectivity index (χ4v) is 10.4. The molecular formula is C58H70FN11O10. The lowest BCUT2D eigenvalue weighted by atomic mass is 9.87. The molecule has 9 rings (SSSR count). The molecule has 0 saturated carbocycles. The minimum atomic E-state index is -1.14. The van der Waals surface area contributed by atoms with Gasteiger partial charge in [-0.15, -0.1) is 0 Å². The van der Waals surface area contributed by atoms with Crippen LogP contribution in [0.15, 0.2) is 85.2 Å². The van der Waals surface area contributed by atoms with Crippen molar-refractivity contribution < 1.29 is 52.1 Å². The first-order chi connectivity index (χ1) is 39.0. The molecule has 5 N–H and O–H groups in total. The summed E-state index contributed by atoms with van der Waals surface area (Å²) in [6.45, 7) is 8.36. The fourth-order valence-electron chi connectivity index (χ4n) is 10.4. The Hall–Kier alpha value is -7.66. The monoisotopic (exact) mass is 1100 g/mol. The molecule has 0 bridgehead atoms. The number of hydrogen-bond donors (Lipinski definition) is 5. The number of fused-ring (bicyclic) bond motifs is 1. The Morgan fingerprint density at radius 3 is 2.21 bits per heavy atom. The number of anilines is 2. The minimum Gasteiger partial charge on any atom is -0.494 e. The van der Waals surface area contributed by atoms with Crippen molar-refractivity contribution in [3.05, 3.63) is 119 Å². The molecule has 0 spiro atoms. The maximum Gasteiger partial charge on any atom is 0.262 e. The zero-order chi connectivity index (χ0) is 55.8. The van der Waals surface area contributed by atoms with Crippen molar-refractivity contribution in [1.82, 2.24) is 45.9 Å². The van der Waals surface area contributed by atoms with E-state index in [1.54, 1.807) is 22.2 Å². The molecule has 80 heavy (non-hydrogen) atoms. The molecule has 3 saturated heterocycles. The van der Waals surface area contributed by atoms with Crippen molar-refractivity contribution >= 4 is 46.8 Å². The molecule has 3 fully saturated rings. The maximum atomic E-state index is 15.3. The molecule has 2 atom stereocenters. The summed E-state index contributed by atoms with van der Waals surface area (Å²) in [5, 5.41) is 20.2. The number of imide groups is 2. The highest BCUT2D eigenvalue weighted by atomic mass is 19.1. The maximum absolute atomic E-state index is 15.3. The number of benzene rings is 3. The summed E-state index contributed by atoms with van der Waals surface area (Å²) < 4.78 is 38.5. The summed E-state index contributed by atoms with van der Waals surface area (Å²) in [6.07, 6.45) is 9.72. The molecule has 22 heteroatoms. The number of amides is 6.